The second-order valence-electron chi connectivity index (χ2n) is 6.85. The van der Waals surface area contributed by atoms with E-state index < -0.39 is 0 Å². The summed E-state index contributed by atoms with van der Waals surface area (Å²) in [5, 5.41) is 4.01. The van der Waals surface area contributed by atoms with Crippen LogP contribution in [0.25, 0.3) is 0 Å². The highest BCUT2D eigenvalue weighted by Gasteiger charge is 2.13. The summed E-state index contributed by atoms with van der Waals surface area (Å²) in [5.41, 5.74) is 4.67. The Labute approximate surface area is 185 Å². The van der Waals surface area contributed by atoms with Gasteiger partial charge >= 0.3 is 0 Å². The van der Waals surface area contributed by atoms with E-state index in [2.05, 4.69) is 10.5 Å². The van der Waals surface area contributed by atoms with Gasteiger partial charge in [-0.15, -0.1) is 0 Å². The van der Waals surface area contributed by atoms with Crippen LogP contribution in [-0.2, 0) is 6.61 Å². The first-order valence-electron chi connectivity index (χ1n) is 9.82. The zero-order valence-corrected chi connectivity index (χ0v) is 17.7. The molecule has 0 aromatic heterocycles. The van der Waals surface area contributed by atoms with Crippen LogP contribution in [0.15, 0.2) is 65.8 Å². The summed E-state index contributed by atoms with van der Waals surface area (Å²) in [5.74, 6) is 2.86. The van der Waals surface area contributed by atoms with E-state index in [4.69, 9.17) is 23.7 Å². The Balaban J connectivity index is 1.31. The van der Waals surface area contributed by atoms with Gasteiger partial charge in [-0.2, -0.15) is 5.10 Å². The number of methoxy groups -OCH3 is 2. The summed E-state index contributed by atoms with van der Waals surface area (Å²) >= 11 is 0. The third-order valence-electron chi connectivity index (χ3n) is 4.72. The largest absolute Gasteiger partial charge is 0.497 e. The number of nitrogens with zero attached hydrogens (tertiary/aromatic N) is 1. The van der Waals surface area contributed by atoms with Gasteiger partial charge in [0.15, 0.2) is 11.5 Å². The second-order valence-corrected chi connectivity index (χ2v) is 6.85. The fraction of sp³-hybridized carbons (Fsp3) is 0.167. The van der Waals surface area contributed by atoms with Crippen LogP contribution in [0.1, 0.15) is 21.5 Å². The average molecular weight is 434 g/mol. The minimum absolute atomic E-state index is 0.247. The molecule has 0 fully saturated rings. The number of hydrazone groups is 1. The van der Waals surface area contributed by atoms with Crippen molar-refractivity contribution in [3.63, 3.8) is 0 Å². The van der Waals surface area contributed by atoms with Crippen molar-refractivity contribution < 1.29 is 28.5 Å². The van der Waals surface area contributed by atoms with Gasteiger partial charge in [-0.1, -0.05) is 6.07 Å². The van der Waals surface area contributed by atoms with E-state index in [1.165, 1.54) is 14.2 Å². The van der Waals surface area contributed by atoms with Gasteiger partial charge in [0.2, 0.25) is 6.79 Å². The van der Waals surface area contributed by atoms with E-state index in [-0.39, 0.29) is 12.7 Å². The summed E-state index contributed by atoms with van der Waals surface area (Å²) < 4.78 is 26.9. The van der Waals surface area contributed by atoms with Crippen molar-refractivity contribution in [2.75, 3.05) is 21.0 Å². The van der Waals surface area contributed by atoms with Crippen LogP contribution in [0.4, 0.5) is 0 Å². The Hall–Kier alpha value is -4.20. The van der Waals surface area contributed by atoms with Crippen LogP contribution in [0, 0.1) is 0 Å². The van der Waals surface area contributed by atoms with Gasteiger partial charge < -0.3 is 23.7 Å². The van der Waals surface area contributed by atoms with Gasteiger partial charge in [0, 0.05) is 11.6 Å². The van der Waals surface area contributed by atoms with Gasteiger partial charge in [-0.05, 0) is 59.7 Å². The minimum Gasteiger partial charge on any atom is -0.497 e. The smallest absolute Gasteiger partial charge is 0.271 e. The summed E-state index contributed by atoms with van der Waals surface area (Å²) in [7, 11) is 3.05. The number of fused-ring (bicyclic) bond motifs is 1. The monoisotopic (exact) mass is 434 g/mol. The molecular weight excluding hydrogens is 412 g/mol. The molecule has 1 aliphatic rings. The summed E-state index contributed by atoms with van der Waals surface area (Å²) in [6.45, 7) is 0.654. The molecule has 3 aromatic carbocycles. The van der Waals surface area contributed by atoms with E-state index in [1.54, 1.807) is 24.4 Å². The van der Waals surface area contributed by atoms with Crippen LogP contribution >= 0.6 is 0 Å². The molecule has 164 valence electrons. The zero-order valence-electron chi connectivity index (χ0n) is 17.7. The maximum Gasteiger partial charge on any atom is 0.271 e. The molecule has 0 spiro atoms. The highest BCUT2D eigenvalue weighted by Crippen LogP contribution is 2.32. The Kier molecular flexibility index (Phi) is 6.41. The van der Waals surface area contributed by atoms with Crippen molar-refractivity contribution >= 4 is 12.1 Å². The molecule has 8 nitrogen and oxygen atoms in total. The lowest BCUT2D eigenvalue weighted by molar-refractivity contribution is 0.0954. The third kappa shape index (κ3) is 5.10. The van der Waals surface area contributed by atoms with Crippen molar-refractivity contribution in [3.8, 4) is 28.7 Å². The van der Waals surface area contributed by atoms with Crippen LogP contribution < -0.4 is 29.1 Å². The molecule has 0 bridgehead atoms. The van der Waals surface area contributed by atoms with Crippen molar-refractivity contribution in [2.24, 2.45) is 5.10 Å². The number of amides is 1. The lowest BCUT2D eigenvalue weighted by Gasteiger charge is -2.08. The Bertz CT molecular complexity index is 1110. The third-order valence-corrected chi connectivity index (χ3v) is 4.72. The summed E-state index contributed by atoms with van der Waals surface area (Å²) in [6.07, 6.45) is 1.55. The second kappa shape index (κ2) is 9.74. The number of ether oxygens (including phenoxy) is 5. The number of carbonyl (C=O) groups excluding carboxylic acids is 1. The molecule has 0 radical (unpaired) electrons. The SMILES string of the molecule is COc1cc(OC)cc(C(=O)N/N=C\c2ccc(OCc3ccc4c(c3)OCO4)cc2)c1. The molecular formula is C24H22N2O6. The number of rotatable bonds is 8. The lowest BCUT2D eigenvalue weighted by Crippen LogP contribution is -2.17. The van der Waals surface area contributed by atoms with Gasteiger partial charge in [0.25, 0.3) is 5.91 Å². The molecule has 0 aliphatic carbocycles. The molecule has 3 aromatic rings. The van der Waals surface area contributed by atoms with Crippen molar-refractivity contribution in [1.82, 2.24) is 5.43 Å². The Morgan fingerprint density at radius 3 is 2.38 bits per heavy atom. The van der Waals surface area contributed by atoms with Gasteiger partial charge in [-0.3, -0.25) is 4.79 Å². The fourth-order valence-electron chi connectivity index (χ4n) is 3.02. The Morgan fingerprint density at radius 1 is 0.938 bits per heavy atom. The predicted octanol–water partition coefficient (Wildman–Crippen LogP) is 3.78. The molecule has 32 heavy (non-hydrogen) atoms. The molecule has 0 atom stereocenters. The van der Waals surface area contributed by atoms with E-state index in [9.17, 15) is 4.79 Å². The standard InChI is InChI=1S/C24H22N2O6/c1-28-20-10-18(11-21(12-20)29-2)24(27)26-25-13-16-3-6-19(7-4-16)30-14-17-5-8-22-23(9-17)32-15-31-22/h3-13H,14-15H2,1-2H3,(H,26,27)/b25-13-. The number of benzene rings is 3. The van der Waals surface area contributed by atoms with E-state index in [0.29, 0.717) is 29.4 Å². The highest BCUT2D eigenvalue weighted by molar-refractivity contribution is 5.95. The first kappa shape index (κ1) is 21.0. The van der Waals surface area contributed by atoms with Crippen molar-refractivity contribution in [2.45, 2.75) is 6.61 Å². The topological polar surface area (TPSA) is 87.6 Å². The number of hydrogen-bond acceptors (Lipinski definition) is 7. The van der Waals surface area contributed by atoms with Crippen molar-refractivity contribution in [1.29, 1.82) is 0 Å². The number of nitrogens with one attached hydrogen (secondary N) is 1. The lowest BCUT2D eigenvalue weighted by atomic mass is 10.2. The molecule has 1 N–H and O–H groups in total. The van der Waals surface area contributed by atoms with Gasteiger partial charge in [0.1, 0.15) is 23.9 Å². The first-order valence-corrected chi connectivity index (χ1v) is 9.82. The molecule has 1 amide bonds. The summed E-state index contributed by atoms with van der Waals surface area (Å²) in [6, 6.07) is 18.0. The van der Waals surface area contributed by atoms with E-state index in [1.807, 2.05) is 42.5 Å². The molecule has 0 saturated carbocycles. The quantitative estimate of drug-likeness (QED) is 0.429. The Morgan fingerprint density at radius 2 is 1.66 bits per heavy atom. The van der Waals surface area contributed by atoms with Crippen molar-refractivity contribution in [3.05, 3.63) is 77.4 Å². The summed E-state index contributed by atoms with van der Waals surface area (Å²) in [4.78, 5) is 12.3. The van der Waals surface area contributed by atoms with Gasteiger partial charge in [0.05, 0.1) is 20.4 Å². The maximum absolute atomic E-state index is 12.3. The van der Waals surface area contributed by atoms with Crippen LogP contribution in [0.5, 0.6) is 28.7 Å². The number of hydrogen-bond donors (Lipinski definition) is 1. The molecule has 0 unspecified atom stereocenters. The molecule has 4 rings (SSSR count). The molecule has 1 heterocycles. The van der Waals surface area contributed by atoms with Crippen LogP contribution in [0.2, 0.25) is 0 Å². The molecule has 0 saturated heterocycles. The zero-order chi connectivity index (χ0) is 22.3. The maximum atomic E-state index is 12.3. The van der Waals surface area contributed by atoms with Crippen LogP contribution in [-0.4, -0.2) is 33.1 Å². The highest BCUT2D eigenvalue weighted by atomic mass is 16.7. The minimum atomic E-state index is -0.373. The number of carbonyl (C=O) groups is 1. The van der Waals surface area contributed by atoms with E-state index in [0.717, 1.165) is 22.6 Å². The van der Waals surface area contributed by atoms with Crippen LogP contribution in [0.3, 0.4) is 0 Å². The normalized spacial score (nSPS) is 11.9. The first-order chi connectivity index (χ1) is 15.6. The fourth-order valence-corrected chi connectivity index (χ4v) is 3.02. The average Bonchev–Trinajstić information content (AvgIpc) is 3.31. The van der Waals surface area contributed by atoms with Gasteiger partial charge in [-0.25, -0.2) is 5.43 Å². The molecule has 1 aliphatic heterocycles. The molecule has 8 heteroatoms. The predicted molar refractivity (Wildman–Crippen MR) is 118 cm³/mol. The van der Waals surface area contributed by atoms with E-state index >= 15 is 0 Å².